The molecule has 3 rings (SSSR count). The molecule has 0 aliphatic heterocycles. The van der Waals surface area contributed by atoms with Gasteiger partial charge in [-0.2, -0.15) is 5.26 Å². The molecule has 0 spiro atoms. The van der Waals surface area contributed by atoms with Gasteiger partial charge in [0, 0.05) is 6.04 Å². The molecule has 2 aliphatic rings. The second-order valence-corrected chi connectivity index (χ2v) is 5.50. The predicted molar refractivity (Wildman–Crippen MR) is 70.7 cm³/mol. The van der Waals surface area contributed by atoms with Crippen LogP contribution in [0.25, 0.3) is 0 Å². The van der Waals surface area contributed by atoms with Gasteiger partial charge >= 0.3 is 5.69 Å². The lowest BCUT2D eigenvalue weighted by Crippen LogP contribution is -2.26. The van der Waals surface area contributed by atoms with Gasteiger partial charge in [-0.25, -0.2) is 0 Å². The van der Waals surface area contributed by atoms with E-state index in [9.17, 15) is 10.1 Å². The Morgan fingerprint density at radius 3 is 2.79 bits per heavy atom. The number of hydrogen-bond donors (Lipinski definition) is 1. The molecule has 98 valence electrons. The van der Waals surface area contributed by atoms with Crippen LogP contribution in [-0.4, -0.2) is 11.0 Å². The Hall–Kier alpha value is -2.09. The number of benzene rings is 1. The Morgan fingerprint density at radius 1 is 1.37 bits per heavy atom. The molecule has 2 fully saturated rings. The maximum absolute atomic E-state index is 11.1. The number of para-hydroxylation sites is 1. The summed E-state index contributed by atoms with van der Waals surface area (Å²) in [5.74, 6) is 1.41. The van der Waals surface area contributed by atoms with Crippen LogP contribution >= 0.6 is 0 Å². The largest absolute Gasteiger partial charge is 0.376 e. The standard InChI is InChI=1S/C14H15N3O2/c15-8-11-2-1-3-12(14(11)17(18)19)16-13-7-9-4-5-10(13)6-9/h1-3,9-10,13,16H,4-7H2. The first kappa shape index (κ1) is 12.0. The maximum Gasteiger partial charge on any atom is 0.309 e. The van der Waals surface area contributed by atoms with Gasteiger partial charge in [0.05, 0.1) is 4.92 Å². The smallest absolute Gasteiger partial charge is 0.309 e. The van der Waals surface area contributed by atoms with Gasteiger partial charge in [0.2, 0.25) is 0 Å². The molecule has 0 aromatic heterocycles. The van der Waals surface area contributed by atoms with Gasteiger partial charge in [0.1, 0.15) is 17.3 Å². The van der Waals surface area contributed by atoms with Gasteiger partial charge in [-0.1, -0.05) is 12.5 Å². The molecule has 2 saturated carbocycles. The van der Waals surface area contributed by atoms with Crippen molar-refractivity contribution in [1.29, 1.82) is 5.26 Å². The van der Waals surface area contributed by atoms with Gasteiger partial charge < -0.3 is 5.32 Å². The Morgan fingerprint density at radius 2 is 2.21 bits per heavy atom. The molecule has 2 bridgehead atoms. The Labute approximate surface area is 111 Å². The molecule has 2 aliphatic carbocycles. The second kappa shape index (κ2) is 4.54. The second-order valence-electron chi connectivity index (χ2n) is 5.50. The van der Waals surface area contributed by atoms with Crippen LogP contribution in [0.15, 0.2) is 18.2 Å². The Balaban J connectivity index is 1.89. The van der Waals surface area contributed by atoms with Crippen molar-refractivity contribution in [3.63, 3.8) is 0 Å². The summed E-state index contributed by atoms with van der Waals surface area (Å²) in [4.78, 5) is 10.7. The molecular weight excluding hydrogens is 242 g/mol. The number of nitro benzene ring substituents is 1. The lowest BCUT2D eigenvalue weighted by Gasteiger charge is -2.23. The zero-order chi connectivity index (χ0) is 13.4. The lowest BCUT2D eigenvalue weighted by molar-refractivity contribution is -0.384. The third kappa shape index (κ3) is 2.03. The zero-order valence-electron chi connectivity index (χ0n) is 10.5. The average molecular weight is 257 g/mol. The van der Waals surface area contributed by atoms with Crippen LogP contribution in [0, 0.1) is 33.3 Å². The van der Waals surface area contributed by atoms with E-state index in [0.717, 1.165) is 12.3 Å². The van der Waals surface area contributed by atoms with Crippen LogP contribution in [0.1, 0.15) is 31.2 Å². The number of hydrogen-bond acceptors (Lipinski definition) is 4. The highest BCUT2D eigenvalue weighted by Crippen LogP contribution is 2.46. The van der Waals surface area contributed by atoms with Gasteiger partial charge in [-0.15, -0.1) is 0 Å². The van der Waals surface area contributed by atoms with Crippen LogP contribution in [0.5, 0.6) is 0 Å². The van der Waals surface area contributed by atoms with Gasteiger partial charge in [-0.3, -0.25) is 10.1 Å². The fraction of sp³-hybridized carbons (Fsp3) is 0.500. The number of nitriles is 1. The average Bonchev–Trinajstić information content (AvgIpc) is 3.00. The monoisotopic (exact) mass is 257 g/mol. The minimum Gasteiger partial charge on any atom is -0.376 e. The minimum absolute atomic E-state index is 0.0900. The van der Waals surface area contributed by atoms with E-state index in [1.807, 2.05) is 6.07 Å². The summed E-state index contributed by atoms with van der Waals surface area (Å²) < 4.78 is 0. The summed E-state index contributed by atoms with van der Waals surface area (Å²) in [6, 6.07) is 7.10. The number of nitrogens with one attached hydrogen (secondary N) is 1. The first-order valence-corrected chi connectivity index (χ1v) is 6.63. The summed E-state index contributed by atoms with van der Waals surface area (Å²) in [5.41, 5.74) is 0.521. The normalized spacial score (nSPS) is 28.1. The molecule has 1 N–H and O–H groups in total. The first-order chi connectivity index (χ1) is 9.19. The van der Waals surface area contributed by atoms with Crippen molar-refractivity contribution in [2.24, 2.45) is 11.8 Å². The molecule has 3 unspecified atom stereocenters. The molecule has 0 amide bonds. The van der Waals surface area contributed by atoms with E-state index in [0.29, 0.717) is 17.6 Å². The summed E-state index contributed by atoms with van der Waals surface area (Å²) in [7, 11) is 0. The van der Waals surface area contributed by atoms with E-state index in [-0.39, 0.29) is 11.3 Å². The molecule has 0 heterocycles. The Kier molecular flexibility index (Phi) is 2.86. The van der Waals surface area contributed by atoms with Crippen LogP contribution in [0.2, 0.25) is 0 Å². The molecular formula is C14H15N3O2. The Bertz CT molecular complexity index is 564. The highest BCUT2D eigenvalue weighted by Gasteiger charge is 2.40. The molecule has 1 aromatic carbocycles. The molecule has 19 heavy (non-hydrogen) atoms. The SMILES string of the molecule is N#Cc1cccc(NC2CC3CCC2C3)c1[N+](=O)[O-]. The van der Waals surface area contributed by atoms with Gasteiger partial charge in [0.25, 0.3) is 0 Å². The van der Waals surface area contributed by atoms with Crippen molar-refractivity contribution in [3.05, 3.63) is 33.9 Å². The topological polar surface area (TPSA) is 79.0 Å². The zero-order valence-corrected chi connectivity index (χ0v) is 10.5. The van der Waals surface area contributed by atoms with Crippen LogP contribution in [0.3, 0.4) is 0 Å². The van der Waals surface area contributed by atoms with Crippen molar-refractivity contribution in [2.45, 2.75) is 31.7 Å². The summed E-state index contributed by atoms with van der Waals surface area (Å²) in [5, 5.41) is 23.4. The first-order valence-electron chi connectivity index (χ1n) is 6.63. The van der Waals surface area contributed by atoms with Crippen molar-refractivity contribution in [1.82, 2.24) is 0 Å². The highest BCUT2D eigenvalue weighted by molar-refractivity contribution is 5.68. The number of rotatable bonds is 3. The third-order valence-electron chi connectivity index (χ3n) is 4.42. The van der Waals surface area contributed by atoms with Crippen LogP contribution in [-0.2, 0) is 0 Å². The fourth-order valence-electron chi connectivity index (χ4n) is 3.57. The van der Waals surface area contributed by atoms with E-state index in [2.05, 4.69) is 5.32 Å². The summed E-state index contributed by atoms with van der Waals surface area (Å²) in [6.45, 7) is 0. The van der Waals surface area contributed by atoms with Crippen molar-refractivity contribution < 1.29 is 4.92 Å². The fourth-order valence-corrected chi connectivity index (χ4v) is 3.57. The van der Waals surface area contributed by atoms with E-state index in [4.69, 9.17) is 5.26 Å². The quantitative estimate of drug-likeness (QED) is 0.666. The predicted octanol–water partition coefficient (Wildman–Crippen LogP) is 3.07. The van der Waals surface area contributed by atoms with Gasteiger partial charge in [-0.05, 0) is 43.2 Å². The van der Waals surface area contributed by atoms with Crippen LogP contribution in [0.4, 0.5) is 11.4 Å². The van der Waals surface area contributed by atoms with Crippen LogP contribution < -0.4 is 5.32 Å². The van der Waals surface area contributed by atoms with Gasteiger partial charge in [0.15, 0.2) is 0 Å². The molecule has 0 radical (unpaired) electrons. The number of nitro groups is 1. The minimum atomic E-state index is -0.464. The van der Waals surface area contributed by atoms with E-state index < -0.39 is 4.92 Å². The molecule has 5 heteroatoms. The summed E-state index contributed by atoms with van der Waals surface area (Å²) >= 11 is 0. The number of anilines is 1. The maximum atomic E-state index is 11.1. The molecule has 5 nitrogen and oxygen atoms in total. The van der Waals surface area contributed by atoms with Crippen molar-refractivity contribution >= 4 is 11.4 Å². The van der Waals surface area contributed by atoms with E-state index in [1.165, 1.54) is 25.3 Å². The molecule has 3 atom stereocenters. The number of fused-ring (bicyclic) bond motifs is 2. The third-order valence-corrected chi connectivity index (χ3v) is 4.42. The van der Waals surface area contributed by atoms with E-state index in [1.54, 1.807) is 12.1 Å². The highest BCUT2D eigenvalue weighted by atomic mass is 16.6. The summed E-state index contributed by atoms with van der Waals surface area (Å²) in [6.07, 6.45) is 4.85. The van der Waals surface area contributed by atoms with E-state index >= 15 is 0 Å². The number of nitrogens with zero attached hydrogens (tertiary/aromatic N) is 2. The lowest BCUT2D eigenvalue weighted by atomic mass is 9.95. The van der Waals surface area contributed by atoms with Crippen molar-refractivity contribution in [3.8, 4) is 6.07 Å². The van der Waals surface area contributed by atoms with Crippen molar-refractivity contribution in [2.75, 3.05) is 5.32 Å². The molecule has 1 aromatic rings. The molecule has 0 saturated heterocycles.